The van der Waals surface area contributed by atoms with Crippen LogP contribution in [0, 0.1) is 18.3 Å². The van der Waals surface area contributed by atoms with Gasteiger partial charge in [0.1, 0.15) is 0 Å². The molecule has 3 N–H and O–H groups in total. The third-order valence-corrected chi connectivity index (χ3v) is 3.29. The fraction of sp³-hybridized carbons (Fsp3) is 0.357. The van der Waals surface area contributed by atoms with Gasteiger partial charge in [0.25, 0.3) is 0 Å². The van der Waals surface area contributed by atoms with E-state index in [1.165, 1.54) is 0 Å². The van der Waals surface area contributed by atoms with E-state index in [2.05, 4.69) is 10.2 Å². The van der Waals surface area contributed by atoms with Gasteiger partial charge in [-0.3, -0.25) is 5.41 Å². The van der Waals surface area contributed by atoms with Crippen molar-refractivity contribution in [1.29, 1.82) is 5.41 Å². The van der Waals surface area contributed by atoms with Crippen molar-refractivity contribution in [3.05, 3.63) is 30.0 Å². The second-order valence-corrected chi connectivity index (χ2v) is 4.89. The van der Waals surface area contributed by atoms with Gasteiger partial charge in [0.15, 0.2) is 5.82 Å². The van der Waals surface area contributed by atoms with Gasteiger partial charge < -0.3 is 10.6 Å². The summed E-state index contributed by atoms with van der Waals surface area (Å²) in [5, 5.41) is 18.1. The van der Waals surface area contributed by atoms with Crippen molar-refractivity contribution in [2.75, 3.05) is 18.5 Å². The number of aryl methyl sites for hydroxylation is 1. The summed E-state index contributed by atoms with van der Waals surface area (Å²) in [4.78, 5) is 2.00. The molecule has 2 aromatic rings. The molecule has 1 aromatic heterocycles. The number of amidine groups is 1. The molecule has 0 fully saturated rings. The summed E-state index contributed by atoms with van der Waals surface area (Å²) in [6.07, 6.45) is 0. The van der Waals surface area contributed by atoms with Crippen molar-refractivity contribution in [3.8, 4) is 0 Å². The molecule has 5 nitrogen and oxygen atoms in total. The Hall–Kier alpha value is -2.17. The molecule has 0 aliphatic heterocycles. The van der Waals surface area contributed by atoms with E-state index in [9.17, 15) is 0 Å². The first-order chi connectivity index (χ1) is 9.00. The second-order valence-electron chi connectivity index (χ2n) is 4.89. The average Bonchev–Trinajstić information content (AvgIpc) is 2.39. The number of hydrogen-bond donors (Lipinski definition) is 2. The molecule has 0 bridgehead atoms. The van der Waals surface area contributed by atoms with Crippen LogP contribution in [0.3, 0.4) is 0 Å². The predicted octanol–water partition coefficient (Wildman–Crippen LogP) is 1.95. The Labute approximate surface area is 112 Å². The number of benzene rings is 1. The topological polar surface area (TPSA) is 78.9 Å². The lowest BCUT2D eigenvalue weighted by atomic mass is 10.1. The number of nitrogens with zero attached hydrogens (tertiary/aromatic N) is 3. The highest BCUT2D eigenvalue weighted by atomic mass is 15.2. The molecule has 0 radical (unpaired) electrons. The Morgan fingerprint density at radius 3 is 2.58 bits per heavy atom. The van der Waals surface area contributed by atoms with Crippen molar-refractivity contribution >= 4 is 22.4 Å². The number of fused-ring (bicyclic) bond motifs is 1. The minimum atomic E-state index is -0.00753. The standard InChI is InChI=1S/C14H19N5/c1-9(13(15)16)8-19(3)14-12-7-5-4-6-11(12)10(2)17-18-14/h4-7,9H,8H2,1-3H3,(H3,15,16). The van der Waals surface area contributed by atoms with Crippen molar-refractivity contribution in [3.63, 3.8) is 0 Å². The Morgan fingerprint density at radius 1 is 1.32 bits per heavy atom. The van der Waals surface area contributed by atoms with E-state index >= 15 is 0 Å². The molecular formula is C14H19N5. The zero-order valence-corrected chi connectivity index (χ0v) is 11.5. The van der Waals surface area contributed by atoms with Crippen LogP contribution in [-0.2, 0) is 0 Å². The van der Waals surface area contributed by atoms with Crippen LogP contribution in [0.1, 0.15) is 12.6 Å². The summed E-state index contributed by atoms with van der Waals surface area (Å²) >= 11 is 0. The van der Waals surface area contributed by atoms with Gasteiger partial charge in [0, 0.05) is 30.3 Å². The highest BCUT2D eigenvalue weighted by Gasteiger charge is 2.14. The molecule has 0 amide bonds. The Bertz CT molecular complexity index is 608. The maximum Gasteiger partial charge on any atom is 0.158 e. The SMILES string of the molecule is Cc1nnc(N(C)CC(C)C(=N)N)c2ccccc12. The van der Waals surface area contributed by atoms with E-state index in [0.29, 0.717) is 6.54 Å². The summed E-state index contributed by atoms with van der Waals surface area (Å²) in [5.74, 6) is 1.01. The molecule has 1 heterocycles. The average molecular weight is 257 g/mol. The van der Waals surface area contributed by atoms with Gasteiger partial charge in [-0.05, 0) is 6.92 Å². The summed E-state index contributed by atoms with van der Waals surface area (Å²) in [5.41, 5.74) is 6.44. The number of aromatic nitrogens is 2. The Balaban J connectivity index is 2.40. The van der Waals surface area contributed by atoms with E-state index in [0.717, 1.165) is 22.3 Å². The van der Waals surface area contributed by atoms with Crippen LogP contribution in [0.5, 0.6) is 0 Å². The molecule has 0 saturated heterocycles. The zero-order chi connectivity index (χ0) is 14.0. The molecule has 0 aliphatic rings. The molecule has 0 saturated carbocycles. The lowest BCUT2D eigenvalue weighted by molar-refractivity contribution is 0.719. The smallest absolute Gasteiger partial charge is 0.158 e. The van der Waals surface area contributed by atoms with Gasteiger partial charge in [-0.1, -0.05) is 31.2 Å². The van der Waals surface area contributed by atoms with E-state index in [-0.39, 0.29) is 11.8 Å². The fourth-order valence-corrected chi connectivity index (χ4v) is 2.10. The molecule has 0 aliphatic carbocycles. The van der Waals surface area contributed by atoms with Gasteiger partial charge in [0.2, 0.25) is 0 Å². The largest absolute Gasteiger partial charge is 0.387 e. The van der Waals surface area contributed by atoms with Crippen LogP contribution in [0.4, 0.5) is 5.82 Å². The van der Waals surface area contributed by atoms with E-state index in [1.807, 2.05) is 50.1 Å². The summed E-state index contributed by atoms with van der Waals surface area (Å²) in [6, 6.07) is 8.08. The molecule has 2 rings (SSSR count). The zero-order valence-electron chi connectivity index (χ0n) is 11.5. The van der Waals surface area contributed by atoms with Crippen molar-refractivity contribution in [2.45, 2.75) is 13.8 Å². The van der Waals surface area contributed by atoms with E-state index in [1.54, 1.807) is 0 Å². The van der Waals surface area contributed by atoms with Gasteiger partial charge >= 0.3 is 0 Å². The minimum Gasteiger partial charge on any atom is -0.387 e. The molecule has 1 atom stereocenters. The second kappa shape index (κ2) is 5.22. The predicted molar refractivity (Wildman–Crippen MR) is 78.6 cm³/mol. The normalized spacial score (nSPS) is 12.4. The first-order valence-electron chi connectivity index (χ1n) is 6.27. The Kier molecular flexibility index (Phi) is 3.64. The molecule has 0 spiro atoms. The summed E-state index contributed by atoms with van der Waals surface area (Å²) < 4.78 is 0. The van der Waals surface area contributed by atoms with Gasteiger partial charge in [-0.25, -0.2) is 0 Å². The monoisotopic (exact) mass is 257 g/mol. The molecule has 1 aromatic carbocycles. The van der Waals surface area contributed by atoms with Crippen LogP contribution < -0.4 is 10.6 Å². The number of nitrogens with one attached hydrogen (secondary N) is 1. The van der Waals surface area contributed by atoms with Crippen molar-refractivity contribution < 1.29 is 0 Å². The van der Waals surface area contributed by atoms with Crippen molar-refractivity contribution in [2.24, 2.45) is 11.7 Å². The minimum absolute atomic E-state index is 0.00753. The summed E-state index contributed by atoms with van der Waals surface area (Å²) in [6.45, 7) is 4.54. The van der Waals surface area contributed by atoms with E-state index in [4.69, 9.17) is 11.1 Å². The molecule has 100 valence electrons. The third kappa shape index (κ3) is 2.65. The quantitative estimate of drug-likeness (QED) is 0.648. The molecule has 1 unspecified atom stereocenters. The highest BCUT2D eigenvalue weighted by Crippen LogP contribution is 2.25. The summed E-state index contributed by atoms with van der Waals surface area (Å²) in [7, 11) is 1.95. The van der Waals surface area contributed by atoms with Gasteiger partial charge in [0.05, 0.1) is 11.5 Å². The fourth-order valence-electron chi connectivity index (χ4n) is 2.10. The highest BCUT2D eigenvalue weighted by molar-refractivity contribution is 5.93. The van der Waals surface area contributed by atoms with Crippen LogP contribution in [0.15, 0.2) is 24.3 Å². The number of anilines is 1. The third-order valence-electron chi connectivity index (χ3n) is 3.29. The van der Waals surface area contributed by atoms with Crippen molar-refractivity contribution in [1.82, 2.24) is 10.2 Å². The maximum atomic E-state index is 7.47. The first-order valence-corrected chi connectivity index (χ1v) is 6.27. The van der Waals surface area contributed by atoms with Crippen LogP contribution in [0.2, 0.25) is 0 Å². The molecule has 5 heteroatoms. The number of hydrogen-bond acceptors (Lipinski definition) is 4. The Morgan fingerprint density at radius 2 is 1.95 bits per heavy atom. The van der Waals surface area contributed by atoms with Crippen LogP contribution in [0.25, 0.3) is 10.8 Å². The molecular weight excluding hydrogens is 238 g/mol. The maximum absolute atomic E-state index is 7.47. The lowest BCUT2D eigenvalue weighted by Crippen LogP contribution is -2.32. The van der Waals surface area contributed by atoms with Crippen LogP contribution >= 0.6 is 0 Å². The number of nitrogens with two attached hydrogens (primary N) is 1. The number of rotatable bonds is 4. The lowest BCUT2D eigenvalue weighted by Gasteiger charge is -2.22. The molecule has 19 heavy (non-hydrogen) atoms. The van der Waals surface area contributed by atoms with Crippen LogP contribution in [-0.4, -0.2) is 29.6 Å². The van der Waals surface area contributed by atoms with E-state index < -0.39 is 0 Å². The van der Waals surface area contributed by atoms with Gasteiger partial charge in [-0.15, -0.1) is 5.10 Å². The first kappa shape index (κ1) is 13.3. The van der Waals surface area contributed by atoms with Gasteiger partial charge in [-0.2, -0.15) is 5.10 Å².